The van der Waals surface area contributed by atoms with E-state index in [1.165, 1.54) is 19.4 Å². The lowest BCUT2D eigenvalue weighted by molar-refractivity contribution is -0.137. The van der Waals surface area contributed by atoms with Crippen molar-refractivity contribution in [2.24, 2.45) is 11.7 Å². The Hall–Kier alpha value is -0.610. The van der Waals surface area contributed by atoms with Crippen LogP contribution >= 0.6 is 0 Å². The summed E-state index contributed by atoms with van der Waals surface area (Å²) in [4.78, 5) is 17.1. The molecule has 2 aliphatic rings. The van der Waals surface area contributed by atoms with E-state index >= 15 is 0 Å². The van der Waals surface area contributed by atoms with E-state index in [9.17, 15) is 4.79 Å². The number of carbonyl (C=O) groups is 1. The normalized spacial score (nSPS) is 29.3. The summed E-state index contributed by atoms with van der Waals surface area (Å²) in [6.45, 7) is 8.35. The number of amides is 1. The number of nitrogens with zero attached hydrogens (tertiary/aromatic N) is 2. The quantitative estimate of drug-likeness (QED) is 0.820. The predicted octanol–water partition coefficient (Wildman–Crippen LogP) is 1.45. The molecule has 0 aromatic carbocycles. The van der Waals surface area contributed by atoms with Crippen molar-refractivity contribution in [1.82, 2.24) is 9.80 Å². The number of nitrogens with two attached hydrogens (primary N) is 1. The Bertz CT molecular complexity index is 308. The zero-order valence-corrected chi connectivity index (χ0v) is 12.5. The molecule has 4 heteroatoms. The van der Waals surface area contributed by atoms with Crippen molar-refractivity contribution in [2.75, 3.05) is 26.2 Å². The van der Waals surface area contributed by atoms with Crippen LogP contribution in [0, 0.1) is 5.92 Å². The molecule has 0 aromatic rings. The molecule has 3 atom stereocenters. The lowest BCUT2D eigenvalue weighted by atomic mass is 10.0. The number of hydrogen-bond donors (Lipinski definition) is 1. The van der Waals surface area contributed by atoms with Crippen molar-refractivity contribution < 1.29 is 4.79 Å². The summed E-state index contributed by atoms with van der Waals surface area (Å²) in [5.74, 6) is 0.917. The molecule has 2 N–H and O–H groups in total. The van der Waals surface area contributed by atoms with Crippen molar-refractivity contribution in [1.29, 1.82) is 0 Å². The second-order valence-corrected chi connectivity index (χ2v) is 6.41. The first kappa shape index (κ1) is 14.8. The van der Waals surface area contributed by atoms with Crippen LogP contribution in [-0.4, -0.2) is 54.0 Å². The molecule has 0 radical (unpaired) electrons. The highest BCUT2D eigenvalue weighted by molar-refractivity contribution is 5.76. The van der Waals surface area contributed by atoms with E-state index in [1.807, 2.05) is 0 Å². The summed E-state index contributed by atoms with van der Waals surface area (Å²) in [7, 11) is 0. The van der Waals surface area contributed by atoms with Gasteiger partial charge in [0, 0.05) is 31.6 Å². The zero-order valence-electron chi connectivity index (χ0n) is 12.5. The molecular weight excluding hydrogens is 238 g/mol. The Labute approximate surface area is 117 Å². The van der Waals surface area contributed by atoms with Crippen molar-refractivity contribution in [3.63, 3.8) is 0 Å². The molecule has 4 nitrogen and oxygen atoms in total. The maximum absolute atomic E-state index is 12.4. The molecule has 2 rings (SSSR count). The first-order valence-electron chi connectivity index (χ1n) is 7.85. The Morgan fingerprint density at radius 1 is 1.37 bits per heavy atom. The summed E-state index contributed by atoms with van der Waals surface area (Å²) >= 11 is 0. The van der Waals surface area contributed by atoms with Gasteiger partial charge in [-0.15, -0.1) is 0 Å². The third-order valence-corrected chi connectivity index (χ3v) is 4.77. The average Bonchev–Trinajstić information content (AvgIpc) is 2.82. The van der Waals surface area contributed by atoms with E-state index in [-0.39, 0.29) is 0 Å². The minimum Gasteiger partial charge on any atom is -0.337 e. The largest absolute Gasteiger partial charge is 0.337 e. The minimum atomic E-state index is 0.350. The summed E-state index contributed by atoms with van der Waals surface area (Å²) in [6.07, 6.45) is 5.26. The lowest BCUT2D eigenvalue weighted by Gasteiger charge is -2.42. The number of fused-ring (bicyclic) bond motifs is 1. The fraction of sp³-hybridized carbons (Fsp3) is 0.933. The van der Waals surface area contributed by atoms with E-state index in [2.05, 4.69) is 23.6 Å². The Morgan fingerprint density at radius 2 is 2.16 bits per heavy atom. The molecule has 0 bridgehead atoms. The van der Waals surface area contributed by atoms with E-state index in [0.29, 0.717) is 30.3 Å². The molecule has 2 heterocycles. The molecule has 2 fully saturated rings. The van der Waals surface area contributed by atoms with Gasteiger partial charge in [0.15, 0.2) is 0 Å². The summed E-state index contributed by atoms with van der Waals surface area (Å²) in [5.41, 5.74) is 5.56. The molecule has 0 spiro atoms. The first-order valence-corrected chi connectivity index (χ1v) is 7.85. The minimum absolute atomic E-state index is 0.350. The van der Waals surface area contributed by atoms with Crippen LogP contribution in [0.5, 0.6) is 0 Å². The maximum Gasteiger partial charge on any atom is 0.222 e. The van der Waals surface area contributed by atoms with Crippen molar-refractivity contribution in [3.8, 4) is 0 Å². The Balaban J connectivity index is 1.81. The average molecular weight is 267 g/mol. The molecule has 0 aromatic heterocycles. The van der Waals surface area contributed by atoms with Gasteiger partial charge in [-0.25, -0.2) is 0 Å². The summed E-state index contributed by atoms with van der Waals surface area (Å²) in [5, 5.41) is 0. The maximum atomic E-state index is 12.4. The van der Waals surface area contributed by atoms with Crippen LogP contribution in [0.15, 0.2) is 0 Å². The molecule has 2 aliphatic heterocycles. The van der Waals surface area contributed by atoms with Gasteiger partial charge in [0.25, 0.3) is 0 Å². The molecule has 2 saturated heterocycles. The zero-order chi connectivity index (χ0) is 13.8. The molecule has 3 unspecified atom stereocenters. The smallest absolute Gasteiger partial charge is 0.222 e. The molecule has 110 valence electrons. The van der Waals surface area contributed by atoms with Crippen molar-refractivity contribution >= 4 is 5.91 Å². The molecule has 19 heavy (non-hydrogen) atoms. The second kappa shape index (κ2) is 6.71. The topological polar surface area (TPSA) is 49.6 Å². The van der Waals surface area contributed by atoms with Gasteiger partial charge in [0.1, 0.15) is 0 Å². The molecular formula is C15H29N3O. The van der Waals surface area contributed by atoms with Crippen molar-refractivity contribution in [3.05, 3.63) is 0 Å². The van der Waals surface area contributed by atoms with Gasteiger partial charge in [0.05, 0.1) is 0 Å². The van der Waals surface area contributed by atoms with Crippen LogP contribution < -0.4 is 5.73 Å². The van der Waals surface area contributed by atoms with Gasteiger partial charge in [-0.05, 0) is 51.6 Å². The fourth-order valence-corrected chi connectivity index (χ4v) is 3.48. The van der Waals surface area contributed by atoms with Gasteiger partial charge in [0.2, 0.25) is 5.91 Å². The second-order valence-electron chi connectivity index (χ2n) is 6.41. The first-order chi connectivity index (χ1) is 9.11. The highest BCUT2D eigenvalue weighted by Crippen LogP contribution is 2.25. The van der Waals surface area contributed by atoms with Gasteiger partial charge in [-0.2, -0.15) is 0 Å². The van der Waals surface area contributed by atoms with Gasteiger partial charge in [-0.1, -0.05) is 6.92 Å². The number of piperazine rings is 1. The SMILES string of the molecule is CC(CCN)CCC(=O)N1CC2CCCN2CC1C. The van der Waals surface area contributed by atoms with Crippen LogP contribution in [0.25, 0.3) is 0 Å². The van der Waals surface area contributed by atoms with Crippen LogP contribution in [-0.2, 0) is 4.79 Å². The number of hydrogen-bond acceptors (Lipinski definition) is 3. The summed E-state index contributed by atoms with van der Waals surface area (Å²) < 4.78 is 0. The van der Waals surface area contributed by atoms with E-state index < -0.39 is 0 Å². The van der Waals surface area contributed by atoms with Crippen LogP contribution in [0.2, 0.25) is 0 Å². The van der Waals surface area contributed by atoms with E-state index in [1.54, 1.807) is 0 Å². The van der Waals surface area contributed by atoms with E-state index in [0.717, 1.165) is 32.5 Å². The van der Waals surface area contributed by atoms with Crippen LogP contribution in [0.4, 0.5) is 0 Å². The van der Waals surface area contributed by atoms with Gasteiger partial charge >= 0.3 is 0 Å². The number of carbonyl (C=O) groups excluding carboxylic acids is 1. The number of rotatable bonds is 5. The van der Waals surface area contributed by atoms with Crippen LogP contribution in [0.3, 0.4) is 0 Å². The lowest BCUT2D eigenvalue weighted by Crippen LogP contribution is -2.56. The third-order valence-electron chi connectivity index (χ3n) is 4.77. The van der Waals surface area contributed by atoms with Crippen LogP contribution in [0.1, 0.15) is 46.0 Å². The predicted molar refractivity (Wildman–Crippen MR) is 77.8 cm³/mol. The molecule has 0 saturated carbocycles. The standard InChI is InChI=1S/C15H29N3O/c1-12(7-8-16)5-6-15(19)18-11-14-4-3-9-17(14)10-13(18)2/h12-14H,3-11,16H2,1-2H3. The Kier molecular flexibility index (Phi) is 5.22. The summed E-state index contributed by atoms with van der Waals surface area (Å²) in [6, 6.07) is 1.01. The molecule has 1 amide bonds. The monoisotopic (exact) mass is 267 g/mol. The fourth-order valence-electron chi connectivity index (χ4n) is 3.48. The third kappa shape index (κ3) is 3.69. The Morgan fingerprint density at radius 3 is 2.89 bits per heavy atom. The highest BCUT2D eigenvalue weighted by Gasteiger charge is 2.36. The van der Waals surface area contributed by atoms with Gasteiger partial charge in [-0.3, -0.25) is 9.69 Å². The molecule has 0 aliphatic carbocycles. The van der Waals surface area contributed by atoms with Gasteiger partial charge < -0.3 is 10.6 Å². The highest BCUT2D eigenvalue weighted by atomic mass is 16.2. The van der Waals surface area contributed by atoms with Crippen molar-refractivity contribution in [2.45, 2.75) is 58.0 Å². The van der Waals surface area contributed by atoms with E-state index in [4.69, 9.17) is 5.73 Å².